The number of aryl methyl sites for hydroxylation is 3. The monoisotopic (exact) mass is 186 g/mol. The SMILES string of the molecule is Cc1ccccc1-c1c(C)n[nH]c1C. The number of benzene rings is 1. The topological polar surface area (TPSA) is 28.7 Å². The summed E-state index contributed by atoms with van der Waals surface area (Å²) >= 11 is 0. The van der Waals surface area contributed by atoms with Crippen LogP contribution in [0.3, 0.4) is 0 Å². The number of H-pyrrole nitrogens is 1. The number of rotatable bonds is 1. The fourth-order valence-corrected chi connectivity index (χ4v) is 1.80. The molecule has 1 N–H and O–H groups in total. The van der Waals surface area contributed by atoms with Crippen molar-refractivity contribution in [2.24, 2.45) is 0 Å². The van der Waals surface area contributed by atoms with Crippen LogP contribution in [0.4, 0.5) is 0 Å². The molecule has 0 aliphatic heterocycles. The van der Waals surface area contributed by atoms with Crippen LogP contribution >= 0.6 is 0 Å². The molecule has 0 aliphatic carbocycles. The third-order valence-electron chi connectivity index (χ3n) is 2.54. The molecule has 0 fully saturated rings. The molecule has 0 atom stereocenters. The predicted molar refractivity (Wildman–Crippen MR) is 58.2 cm³/mol. The van der Waals surface area contributed by atoms with Crippen molar-refractivity contribution in [1.29, 1.82) is 0 Å². The number of hydrogen-bond acceptors (Lipinski definition) is 1. The van der Waals surface area contributed by atoms with Crippen molar-refractivity contribution in [3.05, 3.63) is 41.2 Å². The van der Waals surface area contributed by atoms with Gasteiger partial charge >= 0.3 is 0 Å². The predicted octanol–water partition coefficient (Wildman–Crippen LogP) is 3.00. The maximum absolute atomic E-state index is 4.21. The Morgan fingerprint density at radius 1 is 1.07 bits per heavy atom. The second kappa shape index (κ2) is 3.29. The number of aromatic nitrogens is 2. The summed E-state index contributed by atoms with van der Waals surface area (Å²) in [5.41, 5.74) is 6.01. The standard InChI is InChI=1S/C12H14N2/c1-8-6-4-5-7-11(8)12-9(2)13-14-10(12)3/h4-7H,1-3H3,(H,13,14). The first-order chi connectivity index (χ1) is 6.70. The summed E-state index contributed by atoms with van der Waals surface area (Å²) in [6.45, 7) is 6.22. The van der Waals surface area contributed by atoms with Crippen LogP contribution in [0.15, 0.2) is 24.3 Å². The highest BCUT2D eigenvalue weighted by Gasteiger charge is 2.09. The van der Waals surface area contributed by atoms with Crippen molar-refractivity contribution >= 4 is 0 Å². The molecule has 2 nitrogen and oxygen atoms in total. The molecule has 14 heavy (non-hydrogen) atoms. The highest BCUT2D eigenvalue weighted by molar-refractivity contribution is 5.71. The average Bonchev–Trinajstić information content (AvgIpc) is 2.48. The summed E-state index contributed by atoms with van der Waals surface area (Å²) in [6, 6.07) is 8.39. The van der Waals surface area contributed by atoms with E-state index in [1.165, 1.54) is 16.7 Å². The molecule has 2 heteroatoms. The Morgan fingerprint density at radius 3 is 2.36 bits per heavy atom. The number of aromatic amines is 1. The molecule has 2 aromatic rings. The van der Waals surface area contributed by atoms with Gasteiger partial charge in [0.05, 0.1) is 5.69 Å². The molecule has 0 unspecified atom stereocenters. The van der Waals surface area contributed by atoms with Gasteiger partial charge in [-0.05, 0) is 31.9 Å². The van der Waals surface area contributed by atoms with Crippen LogP contribution in [0.25, 0.3) is 11.1 Å². The van der Waals surface area contributed by atoms with Crippen molar-refractivity contribution in [3.8, 4) is 11.1 Å². The van der Waals surface area contributed by atoms with Crippen LogP contribution in [0, 0.1) is 20.8 Å². The van der Waals surface area contributed by atoms with E-state index >= 15 is 0 Å². The Morgan fingerprint density at radius 2 is 1.79 bits per heavy atom. The molecule has 0 amide bonds. The number of nitrogens with zero attached hydrogens (tertiary/aromatic N) is 1. The van der Waals surface area contributed by atoms with E-state index in [1.54, 1.807) is 0 Å². The van der Waals surface area contributed by atoms with Gasteiger partial charge in [-0.25, -0.2) is 0 Å². The second-order valence-corrected chi connectivity index (χ2v) is 3.62. The maximum atomic E-state index is 4.21. The molecule has 1 heterocycles. The zero-order valence-electron chi connectivity index (χ0n) is 8.76. The van der Waals surface area contributed by atoms with E-state index in [2.05, 4.69) is 48.3 Å². The number of hydrogen-bond donors (Lipinski definition) is 1. The average molecular weight is 186 g/mol. The van der Waals surface area contributed by atoms with Crippen LogP contribution < -0.4 is 0 Å². The molecule has 1 aromatic heterocycles. The molecule has 0 bridgehead atoms. The fourth-order valence-electron chi connectivity index (χ4n) is 1.80. The normalized spacial score (nSPS) is 10.5. The third-order valence-corrected chi connectivity index (χ3v) is 2.54. The van der Waals surface area contributed by atoms with Gasteiger partial charge in [0, 0.05) is 11.3 Å². The van der Waals surface area contributed by atoms with E-state index in [4.69, 9.17) is 0 Å². The van der Waals surface area contributed by atoms with E-state index in [-0.39, 0.29) is 0 Å². The van der Waals surface area contributed by atoms with Gasteiger partial charge in [-0.3, -0.25) is 5.10 Å². The first kappa shape index (κ1) is 9.00. The Balaban J connectivity index is 2.66. The third kappa shape index (κ3) is 1.33. The van der Waals surface area contributed by atoms with Gasteiger partial charge in [0.2, 0.25) is 0 Å². The first-order valence-electron chi connectivity index (χ1n) is 4.77. The van der Waals surface area contributed by atoms with Gasteiger partial charge in [0.15, 0.2) is 0 Å². The van der Waals surface area contributed by atoms with Crippen LogP contribution in [-0.2, 0) is 0 Å². The summed E-state index contributed by atoms with van der Waals surface area (Å²) in [6.07, 6.45) is 0. The van der Waals surface area contributed by atoms with Crippen molar-refractivity contribution in [2.45, 2.75) is 20.8 Å². The van der Waals surface area contributed by atoms with Crippen LogP contribution in [0.2, 0.25) is 0 Å². The van der Waals surface area contributed by atoms with Gasteiger partial charge in [0.25, 0.3) is 0 Å². The second-order valence-electron chi connectivity index (χ2n) is 3.62. The van der Waals surface area contributed by atoms with Crippen molar-refractivity contribution in [1.82, 2.24) is 10.2 Å². The lowest BCUT2D eigenvalue weighted by atomic mass is 9.99. The van der Waals surface area contributed by atoms with Gasteiger partial charge in [0.1, 0.15) is 0 Å². The highest BCUT2D eigenvalue weighted by Crippen LogP contribution is 2.27. The van der Waals surface area contributed by atoms with Crippen LogP contribution in [-0.4, -0.2) is 10.2 Å². The minimum atomic E-state index is 1.07. The van der Waals surface area contributed by atoms with E-state index in [0.29, 0.717) is 0 Å². The quantitative estimate of drug-likeness (QED) is 0.728. The lowest BCUT2D eigenvalue weighted by molar-refractivity contribution is 1.02. The summed E-state index contributed by atoms with van der Waals surface area (Å²) < 4.78 is 0. The Hall–Kier alpha value is -1.57. The number of nitrogens with one attached hydrogen (secondary N) is 1. The van der Waals surface area contributed by atoms with Crippen LogP contribution in [0.1, 0.15) is 17.0 Å². The van der Waals surface area contributed by atoms with Crippen molar-refractivity contribution < 1.29 is 0 Å². The van der Waals surface area contributed by atoms with Crippen molar-refractivity contribution in [3.63, 3.8) is 0 Å². The largest absolute Gasteiger partial charge is 0.282 e. The Bertz CT molecular complexity index is 436. The zero-order chi connectivity index (χ0) is 10.1. The molecule has 2 rings (SSSR count). The smallest absolute Gasteiger partial charge is 0.0672 e. The van der Waals surface area contributed by atoms with Gasteiger partial charge in [-0.2, -0.15) is 5.10 Å². The molecule has 0 aliphatic rings. The van der Waals surface area contributed by atoms with Gasteiger partial charge in [-0.15, -0.1) is 0 Å². The fraction of sp³-hybridized carbons (Fsp3) is 0.250. The molecule has 0 spiro atoms. The zero-order valence-corrected chi connectivity index (χ0v) is 8.76. The Kier molecular flexibility index (Phi) is 2.12. The molecular weight excluding hydrogens is 172 g/mol. The Labute approximate surface area is 84.0 Å². The minimum absolute atomic E-state index is 1.07. The van der Waals surface area contributed by atoms with E-state index in [9.17, 15) is 0 Å². The first-order valence-corrected chi connectivity index (χ1v) is 4.77. The minimum Gasteiger partial charge on any atom is -0.282 e. The van der Waals surface area contributed by atoms with Gasteiger partial charge < -0.3 is 0 Å². The molecule has 1 aromatic carbocycles. The lowest BCUT2D eigenvalue weighted by Gasteiger charge is -2.04. The molecule has 72 valence electrons. The summed E-state index contributed by atoms with van der Waals surface area (Å²) in [5, 5.41) is 7.22. The highest BCUT2D eigenvalue weighted by atomic mass is 15.1. The van der Waals surface area contributed by atoms with E-state index in [1.807, 2.05) is 6.92 Å². The molecule has 0 saturated heterocycles. The molecule has 0 saturated carbocycles. The van der Waals surface area contributed by atoms with Crippen LogP contribution in [0.5, 0.6) is 0 Å². The maximum Gasteiger partial charge on any atom is 0.0672 e. The van der Waals surface area contributed by atoms with E-state index in [0.717, 1.165) is 11.4 Å². The molecular formula is C12H14N2. The lowest BCUT2D eigenvalue weighted by Crippen LogP contribution is -1.85. The summed E-state index contributed by atoms with van der Waals surface area (Å²) in [7, 11) is 0. The van der Waals surface area contributed by atoms with Gasteiger partial charge in [-0.1, -0.05) is 24.3 Å². The molecule has 0 radical (unpaired) electrons. The summed E-state index contributed by atoms with van der Waals surface area (Å²) in [5.74, 6) is 0. The summed E-state index contributed by atoms with van der Waals surface area (Å²) in [4.78, 5) is 0. The van der Waals surface area contributed by atoms with E-state index < -0.39 is 0 Å². The van der Waals surface area contributed by atoms with Crippen molar-refractivity contribution in [2.75, 3.05) is 0 Å².